The fourth-order valence-corrected chi connectivity index (χ4v) is 2.69. The molecule has 0 saturated carbocycles. The number of rotatable bonds is 3. The van der Waals surface area contributed by atoms with Crippen LogP contribution in [0.4, 0.5) is 13.2 Å². The average molecular weight is 348 g/mol. The average Bonchev–Trinajstić information content (AvgIpc) is 2.51. The van der Waals surface area contributed by atoms with Crippen molar-refractivity contribution in [3.8, 4) is 5.75 Å². The molecule has 0 unspecified atom stereocenters. The molecule has 0 N–H and O–H groups in total. The lowest BCUT2D eigenvalue weighted by Gasteiger charge is -2.13. The van der Waals surface area contributed by atoms with Crippen molar-refractivity contribution in [1.29, 1.82) is 0 Å². The van der Waals surface area contributed by atoms with Crippen molar-refractivity contribution >= 4 is 11.0 Å². The quantitative estimate of drug-likeness (QED) is 0.625. The van der Waals surface area contributed by atoms with Crippen molar-refractivity contribution in [1.82, 2.24) is 0 Å². The van der Waals surface area contributed by atoms with Crippen LogP contribution in [0.25, 0.3) is 11.0 Å². The molecule has 0 radical (unpaired) electrons. The van der Waals surface area contributed by atoms with Crippen molar-refractivity contribution in [2.45, 2.75) is 26.6 Å². The van der Waals surface area contributed by atoms with Gasteiger partial charge in [0.15, 0.2) is 0 Å². The van der Waals surface area contributed by atoms with Gasteiger partial charge in [0, 0.05) is 6.07 Å². The summed E-state index contributed by atoms with van der Waals surface area (Å²) in [5.41, 5.74) is 1.12. The second-order valence-electron chi connectivity index (χ2n) is 5.87. The molecule has 1 aromatic heterocycles. The van der Waals surface area contributed by atoms with E-state index in [-0.39, 0.29) is 6.61 Å². The molecule has 0 spiro atoms. The smallest absolute Gasteiger partial charge is 0.416 e. The zero-order valence-electron chi connectivity index (χ0n) is 13.6. The normalized spacial score (nSPS) is 11.7. The summed E-state index contributed by atoms with van der Waals surface area (Å²) in [7, 11) is 0. The third-order valence-corrected chi connectivity index (χ3v) is 3.80. The van der Waals surface area contributed by atoms with E-state index in [1.165, 1.54) is 12.1 Å². The molecule has 0 fully saturated rings. The molecular weight excluding hydrogens is 333 g/mol. The molecule has 1 heterocycles. The van der Waals surface area contributed by atoms with E-state index in [2.05, 4.69) is 0 Å². The number of hydrogen-bond donors (Lipinski definition) is 0. The molecule has 0 aliphatic heterocycles. The maximum Gasteiger partial charge on any atom is 0.416 e. The van der Waals surface area contributed by atoms with Gasteiger partial charge in [-0.2, -0.15) is 13.2 Å². The largest absolute Gasteiger partial charge is 0.488 e. The van der Waals surface area contributed by atoms with Crippen LogP contribution in [-0.2, 0) is 12.8 Å². The van der Waals surface area contributed by atoms with E-state index in [1.54, 1.807) is 25.1 Å². The van der Waals surface area contributed by atoms with Crippen molar-refractivity contribution in [2.24, 2.45) is 0 Å². The summed E-state index contributed by atoms with van der Waals surface area (Å²) in [5.74, 6) is 0.466. The number of alkyl halides is 3. The van der Waals surface area contributed by atoms with Gasteiger partial charge in [-0.15, -0.1) is 0 Å². The first-order chi connectivity index (χ1) is 11.7. The molecule has 3 nitrogen and oxygen atoms in total. The maximum atomic E-state index is 12.8. The molecule has 0 saturated heterocycles. The highest BCUT2D eigenvalue weighted by Gasteiger charge is 2.30. The minimum absolute atomic E-state index is 0.0267. The van der Waals surface area contributed by atoms with E-state index in [0.717, 1.165) is 17.7 Å². The van der Waals surface area contributed by atoms with Crippen LogP contribution in [0, 0.1) is 13.8 Å². The molecule has 0 aliphatic carbocycles. The Labute approximate surface area is 141 Å². The Balaban J connectivity index is 1.95. The second-order valence-corrected chi connectivity index (χ2v) is 5.87. The van der Waals surface area contributed by atoms with Gasteiger partial charge >= 0.3 is 11.8 Å². The summed E-state index contributed by atoms with van der Waals surface area (Å²) in [6.07, 6.45) is -4.40. The van der Waals surface area contributed by atoms with Crippen molar-refractivity contribution in [3.05, 3.63) is 75.1 Å². The molecule has 0 aliphatic rings. The molecule has 0 bridgehead atoms. The van der Waals surface area contributed by atoms with E-state index < -0.39 is 17.4 Å². The van der Waals surface area contributed by atoms with Crippen molar-refractivity contribution in [2.75, 3.05) is 0 Å². The van der Waals surface area contributed by atoms with Crippen molar-refractivity contribution in [3.63, 3.8) is 0 Å². The number of fused-ring (bicyclic) bond motifs is 1. The second kappa shape index (κ2) is 6.27. The molecule has 0 amide bonds. The molecule has 6 heteroatoms. The number of halogens is 3. The van der Waals surface area contributed by atoms with E-state index in [4.69, 9.17) is 9.15 Å². The van der Waals surface area contributed by atoms with Crippen LogP contribution in [-0.4, -0.2) is 0 Å². The lowest BCUT2D eigenvalue weighted by Crippen LogP contribution is -2.06. The predicted octanol–water partition coefficient (Wildman–Crippen LogP) is 5.01. The maximum absolute atomic E-state index is 12.8. The number of aryl methyl sites for hydroxylation is 2. The Morgan fingerprint density at radius 3 is 2.56 bits per heavy atom. The summed E-state index contributed by atoms with van der Waals surface area (Å²) in [4.78, 5) is 11.5. The van der Waals surface area contributed by atoms with Gasteiger partial charge in [-0.3, -0.25) is 0 Å². The van der Waals surface area contributed by atoms with Gasteiger partial charge in [0.25, 0.3) is 0 Å². The lowest BCUT2D eigenvalue weighted by atomic mass is 10.1. The molecular formula is C19H15F3O3. The Morgan fingerprint density at radius 2 is 1.84 bits per heavy atom. The number of ether oxygens (including phenoxy) is 1. The highest BCUT2D eigenvalue weighted by molar-refractivity contribution is 5.87. The minimum atomic E-state index is -4.40. The Morgan fingerprint density at radius 1 is 1.08 bits per heavy atom. The number of hydrogen-bond acceptors (Lipinski definition) is 3. The first-order valence-corrected chi connectivity index (χ1v) is 7.58. The van der Waals surface area contributed by atoms with Crippen LogP contribution in [0.15, 0.2) is 51.7 Å². The highest BCUT2D eigenvalue weighted by atomic mass is 19.4. The molecule has 3 rings (SSSR count). The Hall–Kier alpha value is -2.76. The van der Waals surface area contributed by atoms with Gasteiger partial charge < -0.3 is 9.15 Å². The lowest BCUT2D eigenvalue weighted by molar-refractivity contribution is -0.137. The third kappa shape index (κ3) is 3.68. The van der Waals surface area contributed by atoms with Crippen LogP contribution in [0.2, 0.25) is 0 Å². The predicted molar refractivity (Wildman–Crippen MR) is 87.7 cm³/mol. The van der Waals surface area contributed by atoms with Gasteiger partial charge in [0.05, 0.1) is 10.9 Å². The standard InChI is InChI=1S/C19H15F3O3/c1-11-6-15(18-12(2)8-17(23)25-16(18)7-11)24-10-13-4-3-5-14(9-13)19(20,21)22/h3-9H,10H2,1-2H3. The van der Waals surface area contributed by atoms with Crippen LogP contribution in [0.5, 0.6) is 5.75 Å². The number of benzene rings is 2. The monoisotopic (exact) mass is 348 g/mol. The zero-order valence-corrected chi connectivity index (χ0v) is 13.6. The summed E-state index contributed by atoms with van der Waals surface area (Å²) in [6.45, 7) is 3.55. The molecule has 2 aromatic carbocycles. The van der Waals surface area contributed by atoms with E-state index in [9.17, 15) is 18.0 Å². The van der Waals surface area contributed by atoms with E-state index >= 15 is 0 Å². The topological polar surface area (TPSA) is 39.4 Å². The zero-order chi connectivity index (χ0) is 18.2. The molecule has 0 atom stereocenters. The first kappa shape index (κ1) is 17.1. The molecule has 25 heavy (non-hydrogen) atoms. The minimum Gasteiger partial charge on any atom is -0.488 e. The fraction of sp³-hybridized carbons (Fsp3) is 0.211. The van der Waals surface area contributed by atoms with Crippen LogP contribution in [0.3, 0.4) is 0 Å². The highest BCUT2D eigenvalue weighted by Crippen LogP contribution is 2.32. The van der Waals surface area contributed by atoms with Crippen LogP contribution in [0.1, 0.15) is 22.3 Å². The Bertz CT molecular complexity index is 987. The fourth-order valence-electron chi connectivity index (χ4n) is 2.69. The van der Waals surface area contributed by atoms with Crippen molar-refractivity contribution < 1.29 is 22.3 Å². The first-order valence-electron chi connectivity index (χ1n) is 7.58. The molecule has 3 aromatic rings. The van der Waals surface area contributed by atoms with Gasteiger partial charge in [-0.25, -0.2) is 4.79 Å². The van der Waals surface area contributed by atoms with Gasteiger partial charge in [-0.05, 0) is 54.8 Å². The summed E-state index contributed by atoms with van der Waals surface area (Å²) >= 11 is 0. The van der Waals surface area contributed by atoms with Gasteiger partial charge in [-0.1, -0.05) is 12.1 Å². The Kier molecular flexibility index (Phi) is 4.29. The van der Waals surface area contributed by atoms with E-state index in [0.29, 0.717) is 27.8 Å². The van der Waals surface area contributed by atoms with Gasteiger partial charge in [0.2, 0.25) is 0 Å². The summed E-state index contributed by atoms with van der Waals surface area (Å²) < 4.78 is 49.3. The van der Waals surface area contributed by atoms with Crippen LogP contribution >= 0.6 is 0 Å². The molecule has 130 valence electrons. The SMILES string of the molecule is Cc1cc(OCc2cccc(C(F)(F)F)c2)c2c(C)cc(=O)oc2c1. The summed E-state index contributed by atoms with van der Waals surface area (Å²) in [5, 5.41) is 0.636. The summed E-state index contributed by atoms with van der Waals surface area (Å²) in [6, 6.07) is 9.84. The van der Waals surface area contributed by atoms with E-state index in [1.807, 2.05) is 6.92 Å². The third-order valence-electron chi connectivity index (χ3n) is 3.80. The van der Waals surface area contributed by atoms with Crippen LogP contribution < -0.4 is 10.4 Å². The van der Waals surface area contributed by atoms with Gasteiger partial charge in [0.1, 0.15) is 17.9 Å².